The minimum atomic E-state index is -1.23. The predicted octanol–water partition coefficient (Wildman–Crippen LogP) is 4.57. The lowest BCUT2D eigenvalue weighted by molar-refractivity contribution is 0.0640. The van der Waals surface area contributed by atoms with Crippen LogP contribution in [-0.4, -0.2) is 18.2 Å². The third-order valence-electron chi connectivity index (χ3n) is 3.85. The van der Waals surface area contributed by atoms with Gasteiger partial charge >= 0.3 is 12.1 Å². The third kappa shape index (κ3) is 3.76. The Kier molecular flexibility index (Phi) is 4.85. The second-order valence-corrected chi connectivity index (χ2v) is 6.30. The molecule has 6 nitrogen and oxygen atoms in total. The Balaban J connectivity index is 2.25. The van der Waals surface area contributed by atoms with Crippen molar-refractivity contribution in [3.8, 4) is 17.1 Å². The minimum Gasteiger partial charge on any atom is -0.491 e. The van der Waals surface area contributed by atoms with Gasteiger partial charge in [-0.25, -0.2) is 14.0 Å². The summed E-state index contributed by atoms with van der Waals surface area (Å²) >= 11 is 0. The van der Waals surface area contributed by atoms with Crippen LogP contribution in [0.3, 0.4) is 0 Å². The van der Waals surface area contributed by atoms with Crippen LogP contribution in [0.4, 0.5) is 9.18 Å². The fourth-order valence-corrected chi connectivity index (χ4v) is 2.76. The molecule has 140 valence electrons. The quantitative estimate of drug-likeness (QED) is 0.536. The normalized spacial score (nSPS) is 11.0. The first-order valence-electron chi connectivity index (χ1n) is 8.27. The second kappa shape index (κ2) is 7.11. The van der Waals surface area contributed by atoms with E-state index in [0.29, 0.717) is 22.3 Å². The van der Waals surface area contributed by atoms with E-state index < -0.39 is 17.9 Å². The van der Waals surface area contributed by atoms with Crippen molar-refractivity contribution in [1.82, 2.24) is 0 Å². The van der Waals surface area contributed by atoms with Gasteiger partial charge in [0, 0.05) is 10.9 Å². The van der Waals surface area contributed by atoms with Crippen LogP contribution in [0.2, 0.25) is 0 Å². The van der Waals surface area contributed by atoms with Crippen LogP contribution in [0, 0.1) is 12.7 Å². The van der Waals surface area contributed by atoms with E-state index in [4.69, 9.17) is 14.9 Å². The van der Waals surface area contributed by atoms with Crippen molar-refractivity contribution in [2.75, 3.05) is 0 Å². The Morgan fingerprint density at radius 2 is 1.81 bits per heavy atom. The number of hydrogen-bond donors (Lipinski definition) is 1. The van der Waals surface area contributed by atoms with Crippen LogP contribution in [0.15, 0.2) is 40.8 Å². The topological polar surface area (TPSA) is 91.8 Å². The van der Waals surface area contributed by atoms with Gasteiger partial charge in [0.05, 0.1) is 6.10 Å². The number of esters is 1. The van der Waals surface area contributed by atoms with Gasteiger partial charge in [-0.05, 0) is 62.7 Å². The molecule has 1 heterocycles. The number of aryl methyl sites for hydroxylation is 1. The maximum Gasteiger partial charge on any atom is 0.412 e. The third-order valence-corrected chi connectivity index (χ3v) is 3.85. The molecule has 0 bridgehead atoms. The van der Waals surface area contributed by atoms with Gasteiger partial charge in [-0.15, -0.1) is 0 Å². The van der Waals surface area contributed by atoms with Crippen molar-refractivity contribution in [3.63, 3.8) is 0 Å². The summed E-state index contributed by atoms with van der Waals surface area (Å²) in [4.78, 5) is 23.6. The van der Waals surface area contributed by atoms with E-state index in [2.05, 4.69) is 4.74 Å². The van der Waals surface area contributed by atoms with E-state index in [9.17, 15) is 14.0 Å². The van der Waals surface area contributed by atoms with Gasteiger partial charge in [0.1, 0.15) is 28.5 Å². The van der Waals surface area contributed by atoms with Gasteiger partial charge in [-0.1, -0.05) is 0 Å². The zero-order valence-corrected chi connectivity index (χ0v) is 15.0. The van der Waals surface area contributed by atoms with E-state index in [1.54, 1.807) is 12.1 Å². The number of hydrogen-bond acceptors (Lipinski definition) is 5. The summed E-state index contributed by atoms with van der Waals surface area (Å²) in [6, 6.07) is 8.79. The zero-order valence-electron chi connectivity index (χ0n) is 15.0. The standard InChI is InChI=1S/C20H18FNO5/c1-10(2)25-15-9-14-16(8-11(15)3)26-18(12-4-6-13(21)7-5-12)17(14)19(23)27-20(22)24/h4-10H,1-3H3,(H2,22,24). The summed E-state index contributed by atoms with van der Waals surface area (Å²) < 4.78 is 29.4. The Labute approximate surface area is 154 Å². The maximum absolute atomic E-state index is 13.3. The SMILES string of the molecule is Cc1cc2oc(-c3ccc(F)cc3)c(C(=O)OC(N)=O)c2cc1OC(C)C. The molecule has 1 amide bonds. The second-order valence-electron chi connectivity index (χ2n) is 6.30. The van der Waals surface area contributed by atoms with E-state index in [-0.39, 0.29) is 17.4 Å². The summed E-state index contributed by atoms with van der Waals surface area (Å²) in [6.07, 6.45) is -1.31. The molecule has 0 unspecified atom stereocenters. The number of furan rings is 1. The Morgan fingerprint density at radius 3 is 2.41 bits per heavy atom. The van der Waals surface area contributed by atoms with Crippen molar-refractivity contribution in [3.05, 3.63) is 53.3 Å². The molecule has 27 heavy (non-hydrogen) atoms. The van der Waals surface area contributed by atoms with Crippen molar-refractivity contribution in [1.29, 1.82) is 0 Å². The smallest absolute Gasteiger partial charge is 0.412 e. The van der Waals surface area contributed by atoms with Crippen LogP contribution in [0.1, 0.15) is 29.8 Å². The number of fused-ring (bicyclic) bond motifs is 1. The number of carbonyl (C=O) groups excluding carboxylic acids is 2. The Hall–Kier alpha value is -3.35. The van der Waals surface area contributed by atoms with Gasteiger partial charge in [0.25, 0.3) is 0 Å². The molecular weight excluding hydrogens is 353 g/mol. The fraction of sp³-hybridized carbons (Fsp3) is 0.200. The number of amides is 1. The molecule has 0 aliphatic heterocycles. The molecule has 2 aromatic carbocycles. The summed E-state index contributed by atoms with van der Waals surface area (Å²) in [5.41, 5.74) is 6.67. The summed E-state index contributed by atoms with van der Waals surface area (Å²) in [7, 11) is 0. The summed E-state index contributed by atoms with van der Waals surface area (Å²) in [6.45, 7) is 5.61. The Bertz CT molecular complexity index is 1020. The maximum atomic E-state index is 13.3. The Morgan fingerprint density at radius 1 is 1.15 bits per heavy atom. The zero-order chi connectivity index (χ0) is 19.7. The lowest BCUT2D eigenvalue weighted by atomic mass is 10.0. The molecule has 0 radical (unpaired) electrons. The first-order valence-corrected chi connectivity index (χ1v) is 8.27. The molecule has 0 aliphatic rings. The molecule has 3 aromatic rings. The van der Waals surface area contributed by atoms with Gasteiger partial charge in [0.15, 0.2) is 0 Å². The highest BCUT2D eigenvalue weighted by molar-refractivity contribution is 6.11. The molecule has 0 spiro atoms. The van der Waals surface area contributed by atoms with Gasteiger partial charge in [-0.3, -0.25) is 0 Å². The summed E-state index contributed by atoms with van der Waals surface area (Å²) in [5.74, 6) is -0.672. The van der Waals surface area contributed by atoms with Crippen molar-refractivity contribution >= 4 is 23.0 Å². The molecule has 0 atom stereocenters. The van der Waals surface area contributed by atoms with E-state index in [1.165, 1.54) is 24.3 Å². The van der Waals surface area contributed by atoms with E-state index in [0.717, 1.165) is 5.56 Å². The van der Waals surface area contributed by atoms with Crippen LogP contribution in [0.5, 0.6) is 5.75 Å². The largest absolute Gasteiger partial charge is 0.491 e. The fourth-order valence-electron chi connectivity index (χ4n) is 2.76. The monoisotopic (exact) mass is 371 g/mol. The highest BCUT2D eigenvalue weighted by Gasteiger charge is 2.26. The molecule has 0 fully saturated rings. The van der Waals surface area contributed by atoms with Gasteiger partial charge in [-0.2, -0.15) is 0 Å². The lowest BCUT2D eigenvalue weighted by Gasteiger charge is -2.12. The van der Waals surface area contributed by atoms with Crippen molar-refractivity contribution in [2.45, 2.75) is 26.9 Å². The molecular formula is C20H18FNO5. The number of primary amides is 1. The highest BCUT2D eigenvalue weighted by Crippen LogP contribution is 2.37. The average molecular weight is 371 g/mol. The molecule has 1 aromatic heterocycles. The molecule has 7 heteroatoms. The number of carbonyl (C=O) groups is 2. The lowest BCUT2D eigenvalue weighted by Crippen LogP contribution is -2.18. The predicted molar refractivity (Wildman–Crippen MR) is 97.1 cm³/mol. The molecule has 0 saturated carbocycles. The number of rotatable bonds is 4. The number of nitrogens with two attached hydrogens (primary N) is 1. The first-order chi connectivity index (χ1) is 12.8. The van der Waals surface area contributed by atoms with Crippen LogP contribution >= 0.6 is 0 Å². The van der Waals surface area contributed by atoms with E-state index >= 15 is 0 Å². The highest BCUT2D eigenvalue weighted by atomic mass is 19.1. The minimum absolute atomic E-state index is 0.0176. The van der Waals surface area contributed by atoms with Crippen molar-refractivity contribution < 1.29 is 27.9 Å². The average Bonchev–Trinajstić information content (AvgIpc) is 2.93. The molecule has 0 saturated heterocycles. The number of halogens is 1. The molecule has 3 rings (SSSR count). The summed E-state index contributed by atoms with van der Waals surface area (Å²) in [5, 5.41) is 0.404. The van der Waals surface area contributed by atoms with E-state index in [1.807, 2.05) is 20.8 Å². The van der Waals surface area contributed by atoms with Crippen molar-refractivity contribution in [2.24, 2.45) is 5.73 Å². The molecule has 2 N–H and O–H groups in total. The van der Waals surface area contributed by atoms with Crippen LogP contribution in [-0.2, 0) is 4.74 Å². The van der Waals surface area contributed by atoms with Gasteiger partial charge < -0.3 is 19.6 Å². The number of benzene rings is 2. The van der Waals surface area contributed by atoms with Crippen LogP contribution in [0.25, 0.3) is 22.3 Å². The molecule has 0 aliphatic carbocycles. The number of ether oxygens (including phenoxy) is 2. The first kappa shape index (κ1) is 18.4. The van der Waals surface area contributed by atoms with Crippen LogP contribution < -0.4 is 10.5 Å². The van der Waals surface area contributed by atoms with Gasteiger partial charge in [0.2, 0.25) is 0 Å².